The molecular weight excluding hydrogens is 530 g/mol. The SMILES string of the molecule is CC(C)C[C@@H](NC(=O)[C@@H](Cc1ccccc1)NC(=O)CNC(=O)[C@H](C)NC(=O)[C@H](N)Cc1ccc(O)cc1)C(=O)O. The van der Waals surface area contributed by atoms with Crippen molar-refractivity contribution in [2.45, 2.75) is 64.2 Å². The van der Waals surface area contributed by atoms with Crippen molar-refractivity contribution in [3.63, 3.8) is 0 Å². The molecule has 0 radical (unpaired) electrons. The van der Waals surface area contributed by atoms with Crippen molar-refractivity contribution in [3.8, 4) is 5.75 Å². The molecule has 2 aromatic rings. The monoisotopic (exact) mass is 569 g/mol. The van der Waals surface area contributed by atoms with Gasteiger partial charge in [0.15, 0.2) is 0 Å². The van der Waals surface area contributed by atoms with Crippen LogP contribution in [0.5, 0.6) is 5.75 Å². The highest BCUT2D eigenvalue weighted by atomic mass is 16.4. The molecule has 4 atom stereocenters. The molecule has 222 valence electrons. The molecule has 0 saturated heterocycles. The average Bonchev–Trinajstić information content (AvgIpc) is 2.92. The van der Waals surface area contributed by atoms with Crippen LogP contribution in [0.15, 0.2) is 54.6 Å². The summed E-state index contributed by atoms with van der Waals surface area (Å²) in [5.74, 6) is -3.63. The molecule has 12 heteroatoms. The second-order valence-electron chi connectivity index (χ2n) is 10.3. The molecule has 4 amide bonds. The van der Waals surface area contributed by atoms with E-state index in [1.54, 1.807) is 42.5 Å². The number of carbonyl (C=O) groups excluding carboxylic acids is 4. The van der Waals surface area contributed by atoms with Crippen LogP contribution in [0.2, 0.25) is 0 Å². The fourth-order valence-electron chi connectivity index (χ4n) is 3.95. The van der Waals surface area contributed by atoms with Crippen LogP contribution in [0, 0.1) is 5.92 Å². The van der Waals surface area contributed by atoms with Gasteiger partial charge in [-0.1, -0.05) is 56.3 Å². The highest BCUT2D eigenvalue weighted by molar-refractivity contribution is 5.94. The van der Waals surface area contributed by atoms with Crippen molar-refractivity contribution in [3.05, 3.63) is 65.7 Å². The third-order valence-electron chi connectivity index (χ3n) is 6.16. The number of carboxylic acids is 1. The van der Waals surface area contributed by atoms with Crippen LogP contribution < -0.4 is 27.0 Å². The van der Waals surface area contributed by atoms with Crippen LogP contribution in [0.4, 0.5) is 0 Å². The first-order valence-corrected chi connectivity index (χ1v) is 13.3. The molecule has 0 fully saturated rings. The molecular formula is C29H39N5O7. The average molecular weight is 570 g/mol. The Kier molecular flexibility index (Phi) is 12.8. The van der Waals surface area contributed by atoms with Crippen molar-refractivity contribution < 1.29 is 34.2 Å². The van der Waals surface area contributed by atoms with Crippen LogP contribution in [0.3, 0.4) is 0 Å². The van der Waals surface area contributed by atoms with E-state index in [0.717, 1.165) is 11.1 Å². The molecule has 0 aromatic heterocycles. The van der Waals surface area contributed by atoms with Gasteiger partial charge >= 0.3 is 5.97 Å². The summed E-state index contributed by atoms with van der Waals surface area (Å²) in [6.45, 7) is 4.62. The van der Waals surface area contributed by atoms with Gasteiger partial charge in [-0.25, -0.2) is 4.79 Å². The molecule has 41 heavy (non-hydrogen) atoms. The first-order valence-electron chi connectivity index (χ1n) is 13.3. The lowest BCUT2D eigenvalue weighted by Crippen LogP contribution is -2.55. The lowest BCUT2D eigenvalue weighted by atomic mass is 10.0. The fourth-order valence-corrected chi connectivity index (χ4v) is 3.95. The summed E-state index contributed by atoms with van der Waals surface area (Å²) >= 11 is 0. The Morgan fingerprint density at radius 1 is 0.756 bits per heavy atom. The van der Waals surface area contributed by atoms with Gasteiger partial charge in [-0.3, -0.25) is 19.2 Å². The summed E-state index contributed by atoms with van der Waals surface area (Å²) in [4.78, 5) is 62.3. The molecule has 2 rings (SSSR count). The first kappa shape index (κ1) is 32.8. The number of aromatic hydroxyl groups is 1. The second-order valence-corrected chi connectivity index (χ2v) is 10.3. The van der Waals surface area contributed by atoms with Crippen LogP contribution in [0.25, 0.3) is 0 Å². The van der Waals surface area contributed by atoms with Crippen molar-refractivity contribution >= 4 is 29.6 Å². The van der Waals surface area contributed by atoms with Crippen molar-refractivity contribution in [2.75, 3.05) is 6.54 Å². The van der Waals surface area contributed by atoms with E-state index in [9.17, 15) is 34.2 Å². The zero-order chi connectivity index (χ0) is 30.5. The number of aliphatic carboxylic acids is 1. The minimum absolute atomic E-state index is 0.0126. The quantitative estimate of drug-likeness (QED) is 0.158. The van der Waals surface area contributed by atoms with Gasteiger partial charge in [-0.15, -0.1) is 0 Å². The number of benzene rings is 2. The van der Waals surface area contributed by atoms with E-state index in [0.29, 0.717) is 0 Å². The highest BCUT2D eigenvalue weighted by Gasteiger charge is 2.28. The maximum atomic E-state index is 13.0. The molecule has 0 aliphatic carbocycles. The van der Waals surface area contributed by atoms with Crippen LogP contribution >= 0.6 is 0 Å². The molecule has 0 heterocycles. The number of carboxylic acid groups (broad SMARTS) is 1. The van der Waals surface area contributed by atoms with E-state index in [2.05, 4.69) is 21.3 Å². The maximum Gasteiger partial charge on any atom is 0.326 e. The predicted octanol–water partition coefficient (Wildman–Crippen LogP) is 0.226. The van der Waals surface area contributed by atoms with Crippen LogP contribution in [0.1, 0.15) is 38.3 Å². The number of carbonyl (C=O) groups is 5. The Balaban J connectivity index is 1.94. The molecule has 0 bridgehead atoms. The number of nitrogens with one attached hydrogen (secondary N) is 4. The third-order valence-corrected chi connectivity index (χ3v) is 6.16. The molecule has 0 saturated carbocycles. The smallest absolute Gasteiger partial charge is 0.326 e. The van der Waals surface area contributed by atoms with Gasteiger partial charge in [-0.05, 0) is 48.9 Å². The largest absolute Gasteiger partial charge is 0.508 e. The van der Waals surface area contributed by atoms with Gasteiger partial charge in [0.05, 0.1) is 12.6 Å². The molecule has 12 nitrogen and oxygen atoms in total. The predicted molar refractivity (Wildman–Crippen MR) is 151 cm³/mol. The molecule has 0 spiro atoms. The van der Waals surface area contributed by atoms with Gasteiger partial charge in [0, 0.05) is 6.42 Å². The van der Waals surface area contributed by atoms with Crippen LogP contribution in [-0.4, -0.2) is 70.5 Å². The van der Waals surface area contributed by atoms with Gasteiger partial charge < -0.3 is 37.2 Å². The minimum Gasteiger partial charge on any atom is -0.508 e. The summed E-state index contributed by atoms with van der Waals surface area (Å²) in [6, 6.07) is 11.0. The van der Waals surface area contributed by atoms with Gasteiger partial charge in [0.1, 0.15) is 23.9 Å². The number of amides is 4. The van der Waals surface area contributed by atoms with E-state index < -0.39 is 60.3 Å². The van der Waals surface area contributed by atoms with Gasteiger partial charge in [-0.2, -0.15) is 0 Å². The van der Waals surface area contributed by atoms with Gasteiger partial charge in [0.2, 0.25) is 23.6 Å². The number of nitrogens with two attached hydrogens (primary N) is 1. The molecule has 0 aliphatic heterocycles. The van der Waals surface area contributed by atoms with E-state index in [-0.39, 0.29) is 30.9 Å². The van der Waals surface area contributed by atoms with Crippen molar-refractivity contribution in [1.82, 2.24) is 21.3 Å². The van der Waals surface area contributed by atoms with E-state index >= 15 is 0 Å². The van der Waals surface area contributed by atoms with Crippen molar-refractivity contribution in [1.29, 1.82) is 0 Å². The fraction of sp³-hybridized carbons (Fsp3) is 0.414. The lowest BCUT2D eigenvalue weighted by molar-refractivity contribution is -0.142. The number of rotatable bonds is 15. The van der Waals surface area contributed by atoms with Crippen LogP contribution in [-0.2, 0) is 36.8 Å². The summed E-state index contributed by atoms with van der Waals surface area (Å²) in [6.07, 6.45) is 0.505. The highest BCUT2D eigenvalue weighted by Crippen LogP contribution is 2.11. The third kappa shape index (κ3) is 11.7. The lowest BCUT2D eigenvalue weighted by Gasteiger charge is -2.23. The van der Waals surface area contributed by atoms with E-state index in [1.807, 2.05) is 13.8 Å². The summed E-state index contributed by atoms with van der Waals surface area (Å²) in [5, 5.41) is 28.8. The zero-order valence-corrected chi connectivity index (χ0v) is 23.4. The summed E-state index contributed by atoms with van der Waals surface area (Å²) in [5.41, 5.74) is 7.41. The number of phenolic OH excluding ortho intramolecular Hbond substituents is 1. The standard InChI is InChI=1S/C29H39N5O7/c1-17(2)13-24(29(40)41)34-28(39)23(15-19-7-5-4-6-8-19)33-25(36)16-31-26(37)18(3)32-27(38)22(30)14-20-9-11-21(35)12-10-20/h4-12,17-18,22-24,35H,13-16,30H2,1-3H3,(H,31,37)(H,32,38)(H,33,36)(H,34,39)(H,40,41)/t18-,22+,23+,24+/m0/s1. The normalized spacial score (nSPS) is 13.8. The Labute approximate surface area is 239 Å². The number of hydrogen-bond donors (Lipinski definition) is 7. The van der Waals surface area contributed by atoms with E-state index in [1.165, 1.54) is 19.1 Å². The summed E-state index contributed by atoms with van der Waals surface area (Å²) in [7, 11) is 0. The topological polar surface area (TPSA) is 200 Å². The minimum atomic E-state index is -1.18. The Bertz CT molecular complexity index is 1190. The molecule has 0 unspecified atom stereocenters. The Morgan fingerprint density at radius 2 is 1.37 bits per heavy atom. The first-order chi connectivity index (χ1) is 19.3. The molecule has 8 N–H and O–H groups in total. The Morgan fingerprint density at radius 3 is 1.95 bits per heavy atom. The maximum absolute atomic E-state index is 13.0. The van der Waals surface area contributed by atoms with Gasteiger partial charge in [0.25, 0.3) is 0 Å². The van der Waals surface area contributed by atoms with E-state index in [4.69, 9.17) is 5.73 Å². The molecule has 2 aromatic carbocycles. The van der Waals surface area contributed by atoms with Crippen molar-refractivity contribution in [2.24, 2.45) is 11.7 Å². The summed E-state index contributed by atoms with van der Waals surface area (Å²) < 4.78 is 0. The zero-order valence-electron chi connectivity index (χ0n) is 23.4. The number of hydrogen-bond acceptors (Lipinski definition) is 7. The molecule has 0 aliphatic rings. The number of phenols is 1. The Hall–Kier alpha value is -4.45. The second kappa shape index (κ2) is 16.0.